The van der Waals surface area contributed by atoms with Crippen LogP contribution in [0.1, 0.15) is 0 Å². The van der Waals surface area contributed by atoms with Crippen molar-refractivity contribution in [3.8, 4) is 28.5 Å². The van der Waals surface area contributed by atoms with Crippen LogP contribution in [0.15, 0.2) is 48.7 Å². The Morgan fingerprint density at radius 3 is 1.86 bits per heavy atom. The summed E-state index contributed by atoms with van der Waals surface area (Å²) in [7, 11) is -1.59. The quantitative estimate of drug-likeness (QED) is 0.188. The number of aromatic nitrogens is 2. The van der Waals surface area contributed by atoms with Gasteiger partial charge in [-0.3, -0.25) is 24.9 Å². The molecule has 36 heavy (non-hydrogen) atoms. The van der Waals surface area contributed by atoms with Crippen LogP contribution in [0.5, 0.6) is 17.2 Å². The highest BCUT2D eigenvalue weighted by atomic mass is 32.2. The normalized spacial score (nSPS) is 11.2. The molecule has 0 bridgehead atoms. The van der Waals surface area contributed by atoms with E-state index in [1.807, 2.05) is 0 Å². The molecule has 0 spiro atoms. The molecule has 17 heteroatoms. The first-order chi connectivity index (χ1) is 16.7. The van der Waals surface area contributed by atoms with Crippen molar-refractivity contribution in [1.29, 1.82) is 0 Å². The standard InChI is InChI=1S/C11H11N3O3.C8H6F3NO6S/c1-13-10(5-6-12-13)9-7-8(14(15)16)3-4-11(9)17-2;1-17-6-3-2-5(12(13)14)4-7(6)18-19(15,16)8(9,10)11/h3-7H,1-2H3;2-4H,1H3. The monoisotopic (exact) mass is 534 g/mol. The SMILES string of the molecule is COc1ccc([N+](=O)[O-])cc1-c1ccnn1C.COc1ccc([N+](=O)[O-])cc1OS(=O)(=O)C(F)(F)F. The second-order valence-electron chi connectivity index (χ2n) is 6.56. The van der Waals surface area contributed by atoms with E-state index in [0.29, 0.717) is 17.4 Å². The molecular weight excluding hydrogens is 517 g/mol. The lowest BCUT2D eigenvalue weighted by molar-refractivity contribution is -0.385. The summed E-state index contributed by atoms with van der Waals surface area (Å²) in [4.78, 5) is 19.8. The minimum atomic E-state index is -5.93. The molecule has 0 fully saturated rings. The lowest BCUT2D eigenvalue weighted by atomic mass is 10.1. The Morgan fingerprint density at radius 2 is 1.42 bits per heavy atom. The molecule has 0 aliphatic heterocycles. The third-order valence-corrected chi connectivity index (χ3v) is 5.30. The first-order valence-electron chi connectivity index (χ1n) is 9.35. The van der Waals surface area contributed by atoms with E-state index < -0.39 is 42.7 Å². The van der Waals surface area contributed by atoms with Crippen molar-refractivity contribution in [3.63, 3.8) is 0 Å². The Bertz CT molecular complexity index is 1370. The topological polar surface area (TPSA) is 166 Å². The highest BCUT2D eigenvalue weighted by Gasteiger charge is 2.49. The third kappa shape index (κ3) is 6.38. The van der Waals surface area contributed by atoms with Gasteiger partial charge in [0.05, 0.1) is 35.8 Å². The molecule has 0 aliphatic rings. The van der Waals surface area contributed by atoms with E-state index in [0.717, 1.165) is 24.9 Å². The molecule has 1 heterocycles. The minimum absolute atomic E-state index is 0.0296. The number of rotatable bonds is 7. The van der Waals surface area contributed by atoms with Crippen LogP contribution < -0.4 is 13.7 Å². The molecule has 0 atom stereocenters. The largest absolute Gasteiger partial charge is 0.534 e. The molecule has 3 aromatic rings. The van der Waals surface area contributed by atoms with Crippen molar-refractivity contribution < 1.29 is 45.1 Å². The van der Waals surface area contributed by atoms with Crippen LogP contribution in [0.4, 0.5) is 24.5 Å². The molecule has 0 radical (unpaired) electrons. The van der Waals surface area contributed by atoms with Crippen LogP contribution in [-0.4, -0.2) is 47.8 Å². The van der Waals surface area contributed by atoms with Gasteiger partial charge >= 0.3 is 15.6 Å². The number of alkyl halides is 3. The maximum atomic E-state index is 12.1. The van der Waals surface area contributed by atoms with Crippen LogP contribution in [0.3, 0.4) is 0 Å². The average Bonchev–Trinajstić information content (AvgIpc) is 3.23. The fourth-order valence-corrected chi connectivity index (χ4v) is 3.12. The van der Waals surface area contributed by atoms with Gasteiger partial charge in [-0.2, -0.15) is 26.7 Å². The van der Waals surface area contributed by atoms with Crippen LogP contribution in [0, 0.1) is 20.2 Å². The molecule has 2 aromatic carbocycles. The zero-order valence-electron chi connectivity index (χ0n) is 18.6. The Labute approximate surface area is 201 Å². The summed E-state index contributed by atoms with van der Waals surface area (Å²) in [6, 6.07) is 8.62. The maximum absolute atomic E-state index is 12.1. The summed E-state index contributed by atoms with van der Waals surface area (Å²) >= 11 is 0. The summed E-state index contributed by atoms with van der Waals surface area (Å²) < 4.78 is 73.2. The van der Waals surface area contributed by atoms with Gasteiger partial charge in [-0.1, -0.05) is 0 Å². The van der Waals surface area contributed by atoms with Crippen LogP contribution in [0.25, 0.3) is 11.3 Å². The number of benzene rings is 2. The molecule has 0 saturated heterocycles. The number of hydrogen-bond donors (Lipinski definition) is 0. The average molecular weight is 534 g/mol. The van der Waals surface area contributed by atoms with E-state index in [2.05, 4.69) is 14.0 Å². The van der Waals surface area contributed by atoms with Crippen LogP contribution in [-0.2, 0) is 17.2 Å². The fraction of sp³-hybridized carbons (Fsp3) is 0.211. The van der Waals surface area contributed by atoms with Crippen molar-refractivity contribution >= 4 is 21.5 Å². The Balaban J connectivity index is 0.000000255. The van der Waals surface area contributed by atoms with Gasteiger partial charge in [0.25, 0.3) is 11.4 Å². The fourth-order valence-electron chi connectivity index (χ4n) is 2.66. The lowest BCUT2D eigenvalue weighted by Crippen LogP contribution is -2.28. The zero-order chi connectivity index (χ0) is 27.3. The van der Waals surface area contributed by atoms with Gasteiger partial charge in [0, 0.05) is 37.0 Å². The Hall–Kier alpha value is -4.41. The molecule has 0 amide bonds. The summed E-state index contributed by atoms with van der Waals surface area (Å²) in [5.41, 5.74) is -4.84. The van der Waals surface area contributed by atoms with Crippen LogP contribution >= 0.6 is 0 Å². The summed E-state index contributed by atoms with van der Waals surface area (Å²) in [6.45, 7) is 0. The van der Waals surface area contributed by atoms with Gasteiger partial charge in [0.15, 0.2) is 11.5 Å². The minimum Gasteiger partial charge on any atom is -0.496 e. The second-order valence-corrected chi connectivity index (χ2v) is 8.10. The number of ether oxygens (including phenoxy) is 2. The highest BCUT2D eigenvalue weighted by Crippen LogP contribution is 2.35. The molecule has 0 unspecified atom stereocenters. The lowest BCUT2D eigenvalue weighted by Gasteiger charge is -2.11. The van der Waals surface area contributed by atoms with E-state index in [-0.39, 0.29) is 5.69 Å². The number of nitro groups is 2. The number of aryl methyl sites for hydroxylation is 1. The summed E-state index contributed by atoms with van der Waals surface area (Å²) in [5, 5.41) is 25.2. The number of hydrogen-bond acceptors (Lipinski definition) is 10. The van der Waals surface area contributed by atoms with E-state index >= 15 is 0 Å². The molecule has 13 nitrogen and oxygen atoms in total. The predicted octanol–water partition coefficient (Wildman–Crippen LogP) is 3.84. The smallest absolute Gasteiger partial charge is 0.496 e. The van der Waals surface area contributed by atoms with Crippen molar-refractivity contribution in [2.24, 2.45) is 7.05 Å². The van der Waals surface area contributed by atoms with Gasteiger partial charge in [0.2, 0.25) is 0 Å². The van der Waals surface area contributed by atoms with Gasteiger partial charge < -0.3 is 13.7 Å². The molecule has 194 valence electrons. The first-order valence-corrected chi connectivity index (χ1v) is 10.8. The third-order valence-electron chi connectivity index (χ3n) is 4.33. The second kappa shape index (κ2) is 10.9. The van der Waals surface area contributed by atoms with Crippen molar-refractivity contribution in [1.82, 2.24) is 9.78 Å². The molecule has 0 N–H and O–H groups in total. The zero-order valence-corrected chi connectivity index (χ0v) is 19.4. The molecule has 1 aromatic heterocycles. The van der Waals surface area contributed by atoms with E-state index in [1.165, 1.54) is 19.2 Å². The first kappa shape index (κ1) is 27.8. The molecular formula is C19H17F3N4O9S. The Morgan fingerprint density at radius 1 is 0.889 bits per heavy atom. The van der Waals surface area contributed by atoms with E-state index in [4.69, 9.17) is 4.74 Å². The maximum Gasteiger partial charge on any atom is 0.534 e. The number of nitro benzene ring substituents is 2. The van der Waals surface area contributed by atoms with Gasteiger partial charge in [-0.25, -0.2) is 0 Å². The van der Waals surface area contributed by atoms with Gasteiger partial charge in [0.1, 0.15) is 5.75 Å². The predicted molar refractivity (Wildman–Crippen MR) is 117 cm³/mol. The van der Waals surface area contributed by atoms with E-state index in [9.17, 15) is 41.8 Å². The molecule has 0 saturated carbocycles. The van der Waals surface area contributed by atoms with Gasteiger partial charge in [-0.05, 0) is 18.2 Å². The number of methoxy groups -OCH3 is 2. The van der Waals surface area contributed by atoms with Crippen molar-refractivity contribution in [2.45, 2.75) is 5.51 Å². The molecule has 3 rings (SSSR count). The number of nitrogens with zero attached hydrogens (tertiary/aromatic N) is 4. The summed E-state index contributed by atoms with van der Waals surface area (Å²) in [6.07, 6.45) is 1.63. The highest BCUT2D eigenvalue weighted by molar-refractivity contribution is 7.88. The van der Waals surface area contributed by atoms with Crippen molar-refractivity contribution in [3.05, 3.63) is 68.9 Å². The summed E-state index contributed by atoms with van der Waals surface area (Å²) in [5.74, 6) is -0.730. The molecule has 0 aliphatic carbocycles. The van der Waals surface area contributed by atoms with Crippen molar-refractivity contribution in [2.75, 3.05) is 14.2 Å². The number of halogens is 3. The Kier molecular flexibility index (Phi) is 8.42. The van der Waals surface area contributed by atoms with E-state index in [1.54, 1.807) is 30.1 Å². The number of non-ortho nitro benzene ring substituents is 2. The van der Waals surface area contributed by atoms with Gasteiger partial charge in [-0.15, -0.1) is 0 Å². The van der Waals surface area contributed by atoms with Crippen LogP contribution in [0.2, 0.25) is 0 Å².